The number of benzene rings is 3. The number of para-hydroxylation sites is 2. The molecule has 1 heterocycles. The fourth-order valence-electron chi connectivity index (χ4n) is 4.43. The number of ether oxygens (including phenoxy) is 1. The molecule has 1 atom stereocenters. The number of amides is 2. The standard InChI is InChI=1S/C31H29ClN4O3S/c1-4-39-26-16-9-8-13-22(26)29-23(17-33)31(40-18-27(37)36-25-15-10-14-24(32)19(25)2)34-20(3)28(29)30(38)35-21-11-6-5-7-12-21/h5-16,29,34H,4,18H2,1-3H3,(H,35,38)(H,36,37)/t29-/m1/s1. The van der Waals surface area contributed by atoms with Crippen molar-refractivity contribution in [1.82, 2.24) is 5.32 Å². The molecule has 0 radical (unpaired) electrons. The van der Waals surface area contributed by atoms with Crippen LogP contribution in [0.25, 0.3) is 0 Å². The number of carbonyl (C=O) groups excluding carboxylic acids is 2. The number of dihydropyridines is 1. The predicted octanol–water partition coefficient (Wildman–Crippen LogP) is 6.75. The van der Waals surface area contributed by atoms with Crippen molar-refractivity contribution in [3.05, 3.63) is 111 Å². The second-order valence-corrected chi connectivity index (χ2v) is 10.4. The first-order chi connectivity index (χ1) is 19.3. The molecule has 1 aliphatic heterocycles. The number of thioether (sulfide) groups is 1. The van der Waals surface area contributed by atoms with E-state index in [2.05, 4.69) is 22.0 Å². The van der Waals surface area contributed by atoms with Crippen molar-refractivity contribution in [2.45, 2.75) is 26.7 Å². The summed E-state index contributed by atoms with van der Waals surface area (Å²) in [6.45, 7) is 5.93. The van der Waals surface area contributed by atoms with Crippen LogP contribution in [-0.4, -0.2) is 24.2 Å². The summed E-state index contributed by atoms with van der Waals surface area (Å²) in [5.41, 5.74) is 4.04. The first-order valence-electron chi connectivity index (χ1n) is 12.7. The average Bonchev–Trinajstić information content (AvgIpc) is 2.95. The number of allylic oxidation sites excluding steroid dienone is 2. The second-order valence-electron chi connectivity index (χ2n) is 8.99. The van der Waals surface area contributed by atoms with Gasteiger partial charge in [0.25, 0.3) is 5.91 Å². The lowest BCUT2D eigenvalue weighted by Gasteiger charge is -2.30. The molecule has 0 bridgehead atoms. The first-order valence-corrected chi connectivity index (χ1v) is 14.1. The Morgan fingerprint density at radius 3 is 2.48 bits per heavy atom. The Hall–Kier alpha value is -4.19. The number of carbonyl (C=O) groups is 2. The summed E-state index contributed by atoms with van der Waals surface area (Å²) in [7, 11) is 0. The number of rotatable bonds is 9. The lowest BCUT2D eigenvalue weighted by molar-refractivity contribution is -0.114. The summed E-state index contributed by atoms with van der Waals surface area (Å²) < 4.78 is 5.90. The normalized spacial score (nSPS) is 14.7. The SMILES string of the molecule is CCOc1ccccc1[C@@H]1C(C#N)=C(SCC(=O)Nc2cccc(Cl)c2C)NC(C)=C1C(=O)Nc1ccccc1. The Balaban J connectivity index is 1.68. The highest BCUT2D eigenvalue weighted by Gasteiger charge is 2.36. The molecule has 204 valence electrons. The molecule has 40 heavy (non-hydrogen) atoms. The van der Waals surface area contributed by atoms with Gasteiger partial charge in [-0.1, -0.05) is 65.8 Å². The van der Waals surface area contributed by atoms with E-state index < -0.39 is 5.92 Å². The van der Waals surface area contributed by atoms with Crippen LogP contribution in [0.1, 0.15) is 30.9 Å². The Kier molecular flexibility index (Phi) is 9.54. The van der Waals surface area contributed by atoms with Gasteiger partial charge in [0, 0.05) is 33.2 Å². The third-order valence-electron chi connectivity index (χ3n) is 6.34. The molecular weight excluding hydrogens is 544 g/mol. The van der Waals surface area contributed by atoms with Crippen LogP contribution in [0.15, 0.2) is 94.7 Å². The van der Waals surface area contributed by atoms with Gasteiger partial charge in [-0.2, -0.15) is 5.26 Å². The predicted molar refractivity (Wildman–Crippen MR) is 161 cm³/mol. The Morgan fingerprint density at radius 1 is 1.02 bits per heavy atom. The third kappa shape index (κ3) is 6.50. The molecule has 3 aromatic carbocycles. The summed E-state index contributed by atoms with van der Waals surface area (Å²) in [6.07, 6.45) is 0. The minimum absolute atomic E-state index is 0.0398. The average molecular weight is 573 g/mol. The topological polar surface area (TPSA) is 103 Å². The highest BCUT2D eigenvalue weighted by Crippen LogP contribution is 2.44. The lowest BCUT2D eigenvalue weighted by Crippen LogP contribution is -2.31. The molecule has 0 saturated heterocycles. The summed E-state index contributed by atoms with van der Waals surface area (Å²) in [6, 6.07) is 24.2. The first kappa shape index (κ1) is 28.8. The van der Waals surface area contributed by atoms with Crippen LogP contribution >= 0.6 is 23.4 Å². The van der Waals surface area contributed by atoms with Crippen LogP contribution in [0, 0.1) is 18.3 Å². The van der Waals surface area contributed by atoms with E-state index in [-0.39, 0.29) is 17.6 Å². The number of hydrogen-bond donors (Lipinski definition) is 3. The molecule has 0 unspecified atom stereocenters. The smallest absolute Gasteiger partial charge is 0.254 e. The van der Waals surface area contributed by atoms with Crippen molar-refractivity contribution < 1.29 is 14.3 Å². The number of anilines is 2. The molecule has 1 aliphatic rings. The van der Waals surface area contributed by atoms with Gasteiger partial charge in [-0.15, -0.1) is 0 Å². The van der Waals surface area contributed by atoms with Crippen molar-refractivity contribution >= 4 is 46.6 Å². The van der Waals surface area contributed by atoms with Crippen LogP contribution in [0.2, 0.25) is 5.02 Å². The maximum Gasteiger partial charge on any atom is 0.254 e. The summed E-state index contributed by atoms with van der Waals surface area (Å²) in [5, 5.41) is 20.5. The zero-order chi connectivity index (χ0) is 28.6. The van der Waals surface area contributed by atoms with Crippen molar-refractivity contribution in [3.63, 3.8) is 0 Å². The minimum atomic E-state index is -0.710. The quantitative estimate of drug-likeness (QED) is 0.262. The monoisotopic (exact) mass is 572 g/mol. The molecule has 0 spiro atoms. The van der Waals surface area contributed by atoms with Gasteiger partial charge in [0.15, 0.2) is 0 Å². The van der Waals surface area contributed by atoms with Gasteiger partial charge in [-0.25, -0.2) is 0 Å². The van der Waals surface area contributed by atoms with Gasteiger partial charge in [0.2, 0.25) is 5.91 Å². The van der Waals surface area contributed by atoms with E-state index in [1.54, 1.807) is 37.3 Å². The Bertz CT molecular complexity index is 1530. The van der Waals surface area contributed by atoms with Crippen molar-refractivity contribution in [3.8, 4) is 11.8 Å². The molecular formula is C31H29ClN4O3S. The van der Waals surface area contributed by atoms with Crippen LogP contribution in [0.3, 0.4) is 0 Å². The van der Waals surface area contributed by atoms with E-state index in [1.807, 2.05) is 56.3 Å². The summed E-state index contributed by atoms with van der Waals surface area (Å²) >= 11 is 7.39. The molecule has 2 amide bonds. The molecule has 0 fully saturated rings. The molecule has 7 nitrogen and oxygen atoms in total. The van der Waals surface area contributed by atoms with E-state index in [9.17, 15) is 14.9 Å². The molecule has 4 rings (SSSR count). The Labute approximate surface area is 243 Å². The molecule has 0 saturated carbocycles. The zero-order valence-corrected chi connectivity index (χ0v) is 24.0. The number of nitrogens with zero attached hydrogens (tertiary/aromatic N) is 1. The highest BCUT2D eigenvalue weighted by atomic mass is 35.5. The molecule has 3 aromatic rings. The molecule has 3 N–H and O–H groups in total. The Morgan fingerprint density at radius 2 is 1.75 bits per heavy atom. The van der Waals surface area contributed by atoms with E-state index in [0.717, 1.165) is 5.56 Å². The van der Waals surface area contributed by atoms with Crippen LogP contribution in [0.5, 0.6) is 5.75 Å². The van der Waals surface area contributed by atoms with Gasteiger partial charge in [-0.05, 0) is 56.7 Å². The van der Waals surface area contributed by atoms with E-state index in [1.165, 1.54) is 11.8 Å². The van der Waals surface area contributed by atoms with Gasteiger partial charge in [-0.3, -0.25) is 9.59 Å². The van der Waals surface area contributed by atoms with Crippen LogP contribution in [0.4, 0.5) is 11.4 Å². The number of hydrogen-bond acceptors (Lipinski definition) is 6. The van der Waals surface area contributed by atoms with Crippen LogP contribution in [-0.2, 0) is 9.59 Å². The number of nitrogens with one attached hydrogen (secondary N) is 3. The van der Waals surface area contributed by atoms with Crippen molar-refractivity contribution in [2.75, 3.05) is 23.0 Å². The minimum Gasteiger partial charge on any atom is -0.494 e. The second kappa shape index (κ2) is 13.2. The molecule has 0 aliphatic carbocycles. The summed E-state index contributed by atoms with van der Waals surface area (Å²) in [5.74, 6) is -0.668. The lowest BCUT2D eigenvalue weighted by atomic mass is 9.81. The van der Waals surface area contributed by atoms with Crippen molar-refractivity contribution in [2.24, 2.45) is 0 Å². The molecule has 9 heteroatoms. The van der Waals surface area contributed by atoms with Crippen molar-refractivity contribution in [1.29, 1.82) is 5.26 Å². The molecule has 0 aromatic heterocycles. The van der Waals surface area contributed by atoms with E-state index in [4.69, 9.17) is 16.3 Å². The maximum absolute atomic E-state index is 13.7. The highest BCUT2D eigenvalue weighted by molar-refractivity contribution is 8.03. The van der Waals surface area contributed by atoms with Gasteiger partial charge in [0.05, 0.1) is 34.9 Å². The van der Waals surface area contributed by atoms with Gasteiger partial charge >= 0.3 is 0 Å². The third-order valence-corrected chi connectivity index (χ3v) is 7.77. The van der Waals surface area contributed by atoms with Crippen LogP contribution < -0.4 is 20.7 Å². The van der Waals surface area contributed by atoms with Gasteiger partial charge in [0.1, 0.15) is 5.75 Å². The van der Waals surface area contributed by atoms with E-state index in [0.29, 0.717) is 56.2 Å². The summed E-state index contributed by atoms with van der Waals surface area (Å²) in [4.78, 5) is 26.5. The zero-order valence-electron chi connectivity index (χ0n) is 22.4. The van der Waals surface area contributed by atoms with E-state index >= 15 is 0 Å². The number of halogens is 1. The fraction of sp³-hybridized carbons (Fsp3) is 0.194. The number of nitriles is 1. The van der Waals surface area contributed by atoms with Gasteiger partial charge < -0.3 is 20.7 Å². The fourth-order valence-corrected chi connectivity index (χ4v) is 5.50. The maximum atomic E-state index is 13.7. The largest absolute Gasteiger partial charge is 0.494 e.